The van der Waals surface area contributed by atoms with E-state index in [2.05, 4.69) is 18.2 Å². The number of hydrogen-bond donors (Lipinski definition) is 1. The van der Waals surface area contributed by atoms with Crippen molar-refractivity contribution in [1.82, 2.24) is 0 Å². The molecule has 94 valence electrons. The molecule has 2 aromatic carbocycles. The molecule has 0 aliphatic rings. The summed E-state index contributed by atoms with van der Waals surface area (Å²) in [5.41, 5.74) is 6.77. The predicted octanol–water partition coefficient (Wildman–Crippen LogP) is 2.13. The van der Waals surface area contributed by atoms with Gasteiger partial charge in [0.05, 0.1) is 13.0 Å². The van der Waals surface area contributed by atoms with Gasteiger partial charge < -0.3 is 10.5 Å². The zero-order valence-electron chi connectivity index (χ0n) is 10.4. The average molecular weight is 243 g/mol. The second-order valence-corrected chi connectivity index (χ2v) is 4.30. The Labute approximate surface area is 107 Å². The van der Waals surface area contributed by atoms with Crippen molar-refractivity contribution in [1.29, 1.82) is 0 Å². The predicted molar refractivity (Wildman–Crippen MR) is 72.2 cm³/mol. The summed E-state index contributed by atoms with van der Waals surface area (Å²) in [5.74, 6) is -0.522. The number of hydrogen-bond acceptors (Lipinski definition) is 3. The summed E-state index contributed by atoms with van der Waals surface area (Å²) in [5, 5.41) is 2.35. The molecule has 0 bridgehead atoms. The molecule has 0 saturated carbocycles. The maximum Gasteiger partial charge on any atom is 0.310 e. The molecule has 18 heavy (non-hydrogen) atoms. The van der Waals surface area contributed by atoms with Crippen LogP contribution in [-0.2, 0) is 16.0 Å². The number of fused-ring (bicyclic) bond motifs is 1. The highest BCUT2D eigenvalue weighted by molar-refractivity contribution is 5.86. The van der Waals surface area contributed by atoms with E-state index < -0.39 is 0 Å². The van der Waals surface area contributed by atoms with E-state index in [4.69, 9.17) is 10.5 Å². The van der Waals surface area contributed by atoms with Crippen LogP contribution in [0.5, 0.6) is 0 Å². The smallest absolute Gasteiger partial charge is 0.310 e. The number of methoxy groups -OCH3 is 1. The molecule has 0 radical (unpaired) electrons. The van der Waals surface area contributed by atoms with Gasteiger partial charge in [-0.3, -0.25) is 4.79 Å². The van der Waals surface area contributed by atoms with Gasteiger partial charge in [0.25, 0.3) is 0 Å². The van der Waals surface area contributed by atoms with Gasteiger partial charge in [0.1, 0.15) is 0 Å². The van der Waals surface area contributed by atoms with Gasteiger partial charge in [-0.05, 0) is 22.8 Å². The third-order valence-electron chi connectivity index (χ3n) is 3.17. The van der Waals surface area contributed by atoms with Gasteiger partial charge in [0.2, 0.25) is 0 Å². The van der Waals surface area contributed by atoms with E-state index >= 15 is 0 Å². The molecule has 0 aliphatic heterocycles. The number of rotatable bonds is 4. The second-order valence-electron chi connectivity index (χ2n) is 4.30. The fourth-order valence-electron chi connectivity index (χ4n) is 2.17. The second kappa shape index (κ2) is 5.65. The van der Waals surface area contributed by atoms with Crippen molar-refractivity contribution in [2.24, 2.45) is 11.7 Å². The summed E-state index contributed by atoms with van der Waals surface area (Å²) < 4.78 is 4.77. The van der Waals surface area contributed by atoms with E-state index in [0.717, 1.165) is 5.56 Å². The number of benzene rings is 2. The van der Waals surface area contributed by atoms with Crippen LogP contribution in [0.1, 0.15) is 5.56 Å². The van der Waals surface area contributed by atoms with E-state index in [1.54, 1.807) is 0 Å². The topological polar surface area (TPSA) is 52.3 Å². The zero-order chi connectivity index (χ0) is 13.0. The van der Waals surface area contributed by atoms with Gasteiger partial charge >= 0.3 is 5.97 Å². The first kappa shape index (κ1) is 12.6. The van der Waals surface area contributed by atoms with Crippen LogP contribution in [0.2, 0.25) is 0 Å². The number of nitrogens with two attached hydrogens (primary N) is 1. The summed E-state index contributed by atoms with van der Waals surface area (Å²) in [4.78, 5) is 11.6. The van der Waals surface area contributed by atoms with E-state index in [1.165, 1.54) is 17.9 Å². The van der Waals surface area contributed by atoms with Gasteiger partial charge in [-0.15, -0.1) is 0 Å². The third kappa shape index (κ3) is 2.51. The monoisotopic (exact) mass is 243 g/mol. The van der Waals surface area contributed by atoms with Crippen LogP contribution < -0.4 is 5.73 Å². The van der Waals surface area contributed by atoms with Gasteiger partial charge in [0.15, 0.2) is 0 Å². The lowest BCUT2D eigenvalue weighted by molar-refractivity contribution is -0.145. The molecule has 3 heteroatoms. The highest BCUT2D eigenvalue weighted by Crippen LogP contribution is 2.21. The van der Waals surface area contributed by atoms with Crippen molar-refractivity contribution in [2.45, 2.75) is 6.42 Å². The molecule has 0 fully saturated rings. The first-order chi connectivity index (χ1) is 8.76. The Morgan fingerprint density at radius 1 is 1.22 bits per heavy atom. The van der Waals surface area contributed by atoms with Crippen molar-refractivity contribution in [3.63, 3.8) is 0 Å². The van der Waals surface area contributed by atoms with Crippen LogP contribution in [0, 0.1) is 5.92 Å². The van der Waals surface area contributed by atoms with Gasteiger partial charge in [-0.2, -0.15) is 0 Å². The summed E-state index contributed by atoms with van der Waals surface area (Å²) in [6.07, 6.45) is 0.616. The molecule has 2 rings (SSSR count). The number of carbonyl (C=O) groups excluding carboxylic acids is 1. The summed E-state index contributed by atoms with van der Waals surface area (Å²) >= 11 is 0. The van der Waals surface area contributed by atoms with E-state index in [9.17, 15) is 4.79 Å². The lowest BCUT2D eigenvalue weighted by Crippen LogP contribution is -2.26. The van der Waals surface area contributed by atoms with Crippen LogP contribution in [0.15, 0.2) is 42.5 Å². The van der Waals surface area contributed by atoms with Crippen LogP contribution >= 0.6 is 0 Å². The lowest BCUT2D eigenvalue weighted by Gasteiger charge is -2.13. The van der Waals surface area contributed by atoms with Crippen LogP contribution in [0.25, 0.3) is 10.8 Å². The Hall–Kier alpha value is -1.87. The van der Waals surface area contributed by atoms with E-state index in [1.807, 2.05) is 24.3 Å². The maximum absolute atomic E-state index is 11.6. The van der Waals surface area contributed by atoms with Gasteiger partial charge in [0, 0.05) is 6.54 Å². The van der Waals surface area contributed by atoms with Crippen LogP contribution in [0.4, 0.5) is 0 Å². The molecule has 0 amide bonds. The largest absolute Gasteiger partial charge is 0.469 e. The average Bonchev–Trinajstić information content (AvgIpc) is 2.44. The van der Waals surface area contributed by atoms with Crippen molar-refractivity contribution in [3.05, 3.63) is 48.0 Å². The highest BCUT2D eigenvalue weighted by Gasteiger charge is 2.18. The molecule has 2 aromatic rings. The molecule has 0 saturated heterocycles. The van der Waals surface area contributed by atoms with Gasteiger partial charge in [-0.1, -0.05) is 42.5 Å². The van der Waals surface area contributed by atoms with E-state index in [-0.39, 0.29) is 11.9 Å². The normalized spacial score (nSPS) is 12.3. The summed E-state index contributed by atoms with van der Waals surface area (Å²) in [6, 6.07) is 14.2. The standard InChI is InChI=1S/C15H17NO2/c1-18-15(17)13(10-16)9-12-7-4-6-11-5-2-3-8-14(11)12/h2-8,13H,9-10,16H2,1H3/t13-/m1/s1. The van der Waals surface area contributed by atoms with Crippen LogP contribution in [0.3, 0.4) is 0 Å². The summed E-state index contributed by atoms with van der Waals surface area (Å²) in [7, 11) is 1.40. The molecular weight excluding hydrogens is 226 g/mol. The minimum Gasteiger partial charge on any atom is -0.469 e. The molecule has 0 aliphatic carbocycles. The molecule has 3 nitrogen and oxygen atoms in total. The quantitative estimate of drug-likeness (QED) is 0.837. The summed E-state index contributed by atoms with van der Waals surface area (Å²) in [6.45, 7) is 0.301. The molecule has 0 aromatic heterocycles. The highest BCUT2D eigenvalue weighted by atomic mass is 16.5. The van der Waals surface area contributed by atoms with Crippen molar-refractivity contribution in [3.8, 4) is 0 Å². The fraction of sp³-hybridized carbons (Fsp3) is 0.267. The Bertz CT molecular complexity index is 546. The van der Waals surface area contributed by atoms with Gasteiger partial charge in [-0.25, -0.2) is 0 Å². The molecule has 1 atom stereocenters. The minimum absolute atomic E-state index is 0.245. The Balaban J connectivity index is 2.33. The van der Waals surface area contributed by atoms with Crippen LogP contribution in [-0.4, -0.2) is 19.6 Å². The molecule has 0 unspecified atom stereocenters. The van der Waals surface area contributed by atoms with Crippen molar-refractivity contribution in [2.75, 3.05) is 13.7 Å². The Kier molecular flexibility index (Phi) is 3.95. The lowest BCUT2D eigenvalue weighted by atomic mass is 9.95. The third-order valence-corrected chi connectivity index (χ3v) is 3.17. The first-order valence-corrected chi connectivity index (χ1v) is 6.00. The maximum atomic E-state index is 11.6. The van der Waals surface area contributed by atoms with Crippen molar-refractivity contribution >= 4 is 16.7 Å². The van der Waals surface area contributed by atoms with Crippen molar-refractivity contribution < 1.29 is 9.53 Å². The fourth-order valence-corrected chi connectivity index (χ4v) is 2.17. The first-order valence-electron chi connectivity index (χ1n) is 6.00. The number of esters is 1. The number of carbonyl (C=O) groups is 1. The molecule has 2 N–H and O–H groups in total. The molecule has 0 heterocycles. The zero-order valence-corrected chi connectivity index (χ0v) is 10.4. The Morgan fingerprint density at radius 3 is 2.67 bits per heavy atom. The molecule has 0 spiro atoms. The van der Waals surface area contributed by atoms with E-state index in [0.29, 0.717) is 13.0 Å². The number of ether oxygens (including phenoxy) is 1. The molecular formula is C15H17NO2. The Morgan fingerprint density at radius 2 is 1.94 bits per heavy atom. The SMILES string of the molecule is COC(=O)[C@@H](CN)Cc1cccc2ccccc12. The minimum atomic E-state index is -0.277.